The van der Waals surface area contributed by atoms with Gasteiger partial charge in [-0.05, 0) is 12.8 Å². The highest BCUT2D eigenvalue weighted by Gasteiger charge is 2.35. The van der Waals surface area contributed by atoms with E-state index in [2.05, 4.69) is 25.2 Å². The lowest BCUT2D eigenvalue weighted by molar-refractivity contribution is 0.0299. The number of nitrogens with zero attached hydrogens (tertiary/aromatic N) is 5. The van der Waals surface area contributed by atoms with Crippen molar-refractivity contribution in [3.05, 3.63) is 0 Å². The normalized spacial score (nSPS) is 25.5. The standard InChI is InChI=1S/C12H20N6O/c1-13-10-14-11(17(2)3)16-12(15-10)18-6-8-4-5-9(7-18)19-8/h8-9H,4-7H2,1-3H3,(H,13,14,15,16). The molecule has 3 heterocycles. The van der Waals surface area contributed by atoms with Crippen molar-refractivity contribution in [1.29, 1.82) is 0 Å². The Kier molecular flexibility index (Phi) is 3.14. The fraction of sp³-hybridized carbons (Fsp3) is 0.750. The number of aromatic nitrogens is 3. The maximum atomic E-state index is 5.84. The van der Waals surface area contributed by atoms with Crippen molar-refractivity contribution >= 4 is 17.8 Å². The molecule has 2 unspecified atom stereocenters. The van der Waals surface area contributed by atoms with Gasteiger partial charge < -0.3 is 19.9 Å². The van der Waals surface area contributed by atoms with Gasteiger partial charge in [0.15, 0.2) is 0 Å². The molecule has 0 aromatic carbocycles. The van der Waals surface area contributed by atoms with Crippen molar-refractivity contribution in [1.82, 2.24) is 15.0 Å². The summed E-state index contributed by atoms with van der Waals surface area (Å²) in [6.45, 7) is 1.74. The zero-order valence-electron chi connectivity index (χ0n) is 11.6. The van der Waals surface area contributed by atoms with Crippen LogP contribution < -0.4 is 15.1 Å². The zero-order valence-corrected chi connectivity index (χ0v) is 11.6. The van der Waals surface area contributed by atoms with Crippen molar-refractivity contribution in [3.8, 4) is 0 Å². The van der Waals surface area contributed by atoms with E-state index in [0.717, 1.165) is 31.9 Å². The van der Waals surface area contributed by atoms with Crippen LogP contribution >= 0.6 is 0 Å². The Morgan fingerprint density at radius 1 is 1.16 bits per heavy atom. The highest BCUT2D eigenvalue weighted by Crippen LogP contribution is 2.28. The van der Waals surface area contributed by atoms with Gasteiger partial charge in [0, 0.05) is 34.2 Å². The first-order valence-corrected chi connectivity index (χ1v) is 6.67. The van der Waals surface area contributed by atoms with E-state index in [4.69, 9.17) is 4.74 Å². The zero-order chi connectivity index (χ0) is 13.4. The molecule has 0 saturated carbocycles. The van der Waals surface area contributed by atoms with E-state index in [0.29, 0.717) is 24.1 Å². The molecule has 7 heteroatoms. The summed E-state index contributed by atoms with van der Waals surface area (Å²) in [5.41, 5.74) is 0. The molecule has 0 radical (unpaired) electrons. The second-order valence-corrected chi connectivity index (χ2v) is 5.27. The Bertz CT molecular complexity index is 454. The van der Waals surface area contributed by atoms with Crippen molar-refractivity contribution in [2.45, 2.75) is 25.0 Å². The summed E-state index contributed by atoms with van der Waals surface area (Å²) in [6.07, 6.45) is 2.95. The fourth-order valence-electron chi connectivity index (χ4n) is 2.59. The Morgan fingerprint density at radius 2 is 1.84 bits per heavy atom. The van der Waals surface area contributed by atoms with E-state index in [1.54, 1.807) is 0 Å². The lowest BCUT2D eigenvalue weighted by Crippen LogP contribution is -2.43. The van der Waals surface area contributed by atoms with Gasteiger partial charge in [-0.15, -0.1) is 0 Å². The lowest BCUT2D eigenvalue weighted by Gasteiger charge is -2.32. The van der Waals surface area contributed by atoms with Crippen LogP contribution in [-0.2, 0) is 4.74 Å². The van der Waals surface area contributed by atoms with Crippen molar-refractivity contribution in [3.63, 3.8) is 0 Å². The van der Waals surface area contributed by atoms with Crippen LogP contribution in [0.5, 0.6) is 0 Å². The summed E-state index contributed by atoms with van der Waals surface area (Å²) in [4.78, 5) is 17.4. The molecule has 2 saturated heterocycles. The maximum absolute atomic E-state index is 5.84. The van der Waals surface area contributed by atoms with Crippen LogP contribution in [0.2, 0.25) is 0 Å². The molecule has 19 heavy (non-hydrogen) atoms. The quantitative estimate of drug-likeness (QED) is 0.844. The first kappa shape index (κ1) is 12.4. The van der Waals surface area contributed by atoms with Gasteiger partial charge in [-0.1, -0.05) is 0 Å². The van der Waals surface area contributed by atoms with Gasteiger partial charge in [-0.3, -0.25) is 0 Å². The number of nitrogens with one attached hydrogen (secondary N) is 1. The van der Waals surface area contributed by atoms with Gasteiger partial charge in [-0.2, -0.15) is 15.0 Å². The molecule has 1 aromatic rings. The molecule has 3 rings (SSSR count). The number of hydrogen-bond donors (Lipinski definition) is 1. The molecule has 0 aliphatic carbocycles. The summed E-state index contributed by atoms with van der Waals surface area (Å²) in [5.74, 6) is 2.02. The minimum Gasteiger partial charge on any atom is -0.371 e. The highest BCUT2D eigenvalue weighted by molar-refractivity contribution is 5.44. The van der Waals surface area contributed by atoms with E-state index in [9.17, 15) is 0 Å². The third-order valence-corrected chi connectivity index (χ3v) is 3.56. The molecule has 7 nitrogen and oxygen atoms in total. The first-order chi connectivity index (χ1) is 9.15. The highest BCUT2D eigenvalue weighted by atomic mass is 16.5. The maximum Gasteiger partial charge on any atom is 0.232 e. The Balaban J connectivity index is 1.89. The lowest BCUT2D eigenvalue weighted by atomic mass is 10.2. The summed E-state index contributed by atoms with van der Waals surface area (Å²) in [6, 6.07) is 0. The van der Waals surface area contributed by atoms with Gasteiger partial charge in [0.2, 0.25) is 17.8 Å². The van der Waals surface area contributed by atoms with Crippen molar-refractivity contribution in [2.24, 2.45) is 0 Å². The molecule has 2 bridgehead atoms. The monoisotopic (exact) mass is 264 g/mol. The van der Waals surface area contributed by atoms with Crippen LogP contribution in [-0.4, -0.2) is 61.4 Å². The molecule has 2 atom stereocenters. The smallest absolute Gasteiger partial charge is 0.232 e. The number of rotatable bonds is 3. The Labute approximate surface area is 113 Å². The molecule has 2 fully saturated rings. The largest absolute Gasteiger partial charge is 0.371 e. The molecule has 1 N–H and O–H groups in total. The van der Waals surface area contributed by atoms with E-state index in [1.165, 1.54) is 0 Å². The number of fused-ring (bicyclic) bond motifs is 2. The van der Waals surface area contributed by atoms with Gasteiger partial charge in [-0.25, -0.2) is 0 Å². The fourth-order valence-corrected chi connectivity index (χ4v) is 2.59. The molecule has 2 aliphatic rings. The Morgan fingerprint density at radius 3 is 2.42 bits per heavy atom. The van der Waals surface area contributed by atoms with Gasteiger partial charge >= 0.3 is 0 Å². The summed E-state index contributed by atoms with van der Waals surface area (Å²) in [7, 11) is 5.69. The Hall–Kier alpha value is -1.63. The minimum absolute atomic E-state index is 0.330. The SMILES string of the molecule is CNc1nc(N(C)C)nc(N2CC3CCC(C2)O3)n1. The first-order valence-electron chi connectivity index (χ1n) is 6.67. The molecule has 0 amide bonds. The molecule has 2 aliphatic heterocycles. The third kappa shape index (κ3) is 2.42. The van der Waals surface area contributed by atoms with Crippen LogP contribution in [0.4, 0.5) is 17.8 Å². The van der Waals surface area contributed by atoms with Crippen LogP contribution in [0.15, 0.2) is 0 Å². The summed E-state index contributed by atoms with van der Waals surface area (Å²) in [5, 5.41) is 2.99. The van der Waals surface area contributed by atoms with Gasteiger partial charge in [0.05, 0.1) is 12.2 Å². The topological polar surface area (TPSA) is 66.4 Å². The van der Waals surface area contributed by atoms with Crippen LogP contribution in [0, 0.1) is 0 Å². The number of anilines is 3. The van der Waals surface area contributed by atoms with Crippen LogP contribution in [0.1, 0.15) is 12.8 Å². The molecule has 104 valence electrons. The molecule has 0 spiro atoms. The van der Waals surface area contributed by atoms with Gasteiger partial charge in [0.1, 0.15) is 0 Å². The van der Waals surface area contributed by atoms with Gasteiger partial charge in [0.25, 0.3) is 0 Å². The predicted octanol–water partition coefficient (Wildman–Crippen LogP) is 0.347. The van der Waals surface area contributed by atoms with Crippen molar-refractivity contribution in [2.75, 3.05) is 49.3 Å². The van der Waals surface area contributed by atoms with Crippen LogP contribution in [0.3, 0.4) is 0 Å². The summed E-state index contributed by atoms with van der Waals surface area (Å²) < 4.78 is 5.84. The molecular formula is C12H20N6O. The molecular weight excluding hydrogens is 244 g/mol. The number of ether oxygens (including phenoxy) is 1. The van der Waals surface area contributed by atoms with E-state index < -0.39 is 0 Å². The molecule has 1 aromatic heterocycles. The van der Waals surface area contributed by atoms with Crippen molar-refractivity contribution < 1.29 is 4.74 Å². The number of morpholine rings is 1. The summed E-state index contributed by atoms with van der Waals surface area (Å²) >= 11 is 0. The predicted molar refractivity (Wildman–Crippen MR) is 73.8 cm³/mol. The number of hydrogen-bond acceptors (Lipinski definition) is 7. The third-order valence-electron chi connectivity index (χ3n) is 3.56. The van der Waals surface area contributed by atoms with E-state index in [1.807, 2.05) is 26.0 Å². The minimum atomic E-state index is 0.330. The second kappa shape index (κ2) is 4.80. The average molecular weight is 264 g/mol. The average Bonchev–Trinajstić information content (AvgIpc) is 2.76. The van der Waals surface area contributed by atoms with E-state index in [-0.39, 0.29) is 0 Å². The van der Waals surface area contributed by atoms with E-state index >= 15 is 0 Å². The van der Waals surface area contributed by atoms with Crippen LogP contribution in [0.25, 0.3) is 0 Å². The second-order valence-electron chi connectivity index (χ2n) is 5.27.